The zero-order valence-electron chi connectivity index (χ0n) is 13.1. The number of pyridine rings is 1. The molecule has 1 aromatic rings. The van der Waals surface area contributed by atoms with Crippen LogP contribution in [0.4, 0.5) is 0 Å². The monoisotopic (exact) mass is 304 g/mol. The molecule has 22 heavy (non-hydrogen) atoms. The molecule has 0 fully saturated rings. The lowest BCUT2D eigenvalue weighted by Gasteiger charge is -2.16. The van der Waals surface area contributed by atoms with E-state index >= 15 is 0 Å². The molecule has 0 aliphatic carbocycles. The van der Waals surface area contributed by atoms with E-state index in [9.17, 15) is 9.59 Å². The summed E-state index contributed by atoms with van der Waals surface area (Å²) in [5.41, 5.74) is 0.433. The van der Waals surface area contributed by atoms with Gasteiger partial charge in [0.1, 0.15) is 6.04 Å². The number of hydrogen-bond acceptors (Lipinski definition) is 4. The van der Waals surface area contributed by atoms with E-state index in [4.69, 9.17) is 4.74 Å². The van der Waals surface area contributed by atoms with Crippen molar-refractivity contribution in [2.45, 2.75) is 44.6 Å². The summed E-state index contributed by atoms with van der Waals surface area (Å²) in [4.78, 5) is 27.8. The molecule has 0 saturated carbocycles. The Kier molecular flexibility index (Phi) is 8.57. The third-order valence-electron chi connectivity index (χ3n) is 3.37. The molecule has 5 nitrogen and oxygen atoms in total. The molecule has 1 N–H and O–H groups in total. The van der Waals surface area contributed by atoms with Gasteiger partial charge in [-0.05, 0) is 31.4 Å². The fourth-order valence-corrected chi connectivity index (χ4v) is 2.12. The van der Waals surface area contributed by atoms with Crippen LogP contribution in [0.5, 0.6) is 0 Å². The molecule has 1 atom stereocenters. The number of unbranched alkanes of at least 4 members (excludes halogenated alkanes) is 4. The maximum atomic E-state index is 12.1. The van der Waals surface area contributed by atoms with Gasteiger partial charge in [0, 0.05) is 12.4 Å². The number of aromatic nitrogens is 1. The van der Waals surface area contributed by atoms with Crippen molar-refractivity contribution in [1.82, 2.24) is 10.3 Å². The number of rotatable bonds is 10. The van der Waals surface area contributed by atoms with Gasteiger partial charge in [0.2, 0.25) is 0 Å². The first-order valence-corrected chi connectivity index (χ1v) is 7.58. The Morgan fingerprint density at radius 3 is 2.77 bits per heavy atom. The van der Waals surface area contributed by atoms with Crippen LogP contribution in [0, 0.1) is 0 Å². The Morgan fingerprint density at radius 2 is 2.14 bits per heavy atom. The minimum Gasteiger partial charge on any atom is -0.467 e. The van der Waals surface area contributed by atoms with Gasteiger partial charge < -0.3 is 10.1 Å². The second kappa shape index (κ2) is 10.5. The lowest BCUT2D eigenvalue weighted by Crippen LogP contribution is -2.41. The SMILES string of the molecule is C=CCCCCCC[C@H](NC(=O)c1cccnc1)C(=O)OC. The topological polar surface area (TPSA) is 68.3 Å². The maximum Gasteiger partial charge on any atom is 0.328 e. The van der Waals surface area contributed by atoms with Crippen LogP contribution in [0.2, 0.25) is 0 Å². The number of carbonyl (C=O) groups is 2. The van der Waals surface area contributed by atoms with E-state index in [0.717, 1.165) is 32.1 Å². The second-order valence-electron chi connectivity index (χ2n) is 5.07. The number of amides is 1. The van der Waals surface area contributed by atoms with E-state index in [1.165, 1.54) is 13.3 Å². The molecule has 120 valence electrons. The van der Waals surface area contributed by atoms with Crippen LogP contribution in [0.15, 0.2) is 37.2 Å². The molecular weight excluding hydrogens is 280 g/mol. The van der Waals surface area contributed by atoms with Crippen molar-refractivity contribution in [1.29, 1.82) is 0 Å². The first kappa shape index (κ1) is 17.9. The van der Waals surface area contributed by atoms with Gasteiger partial charge >= 0.3 is 5.97 Å². The number of hydrogen-bond donors (Lipinski definition) is 1. The number of carbonyl (C=O) groups excluding carboxylic acids is 2. The van der Waals surface area contributed by atoms with Gasteiger partial charge in [-0.1, -0.05) is 25.3 Å². The molecule has 0 unspecified atom stereocenters. The number of methoxy groups -OCH3 is 1. The number of esters is 1. The van der Waals surface area contributed by atoms with Crippen LogP contribution in [-0.4, -0.2) is 30.0 Å². The average Bonchev–Trinajstić information content (AvgIpc) is 2.56. The van der Waals surface area contributed by atoms with Gasteiger partial charge in [-0.15, -0.1) is 6.58 Å². The normalized spacial score (nSPS) is 11.5. The average molecular weight is 304 g/mol. The van der Waals surface area contributed by atoms with Crippen LogP contribution in [-0.2, 0) is 9.53 Å². The summed E-state index contributed by atoms with van der Waals surface area (Å²) in [5.74, 6) is -0.724. The Labute approximate surface area is 131 Å². The molecule has 0 bridgehead atoms. The number of nitrogens with one attached hydrogen (secondary N) is 1. The minimum absolute atomic E-state index is 0.310. The molecule has 1 heterocycles. The number of nitrogens with zero attached hydrogens (tertiary/aromatic N) is 1. The van der Waals surface area contributed by atoms with Crippen molar-refractivity contribution in [2.75, 3.05) is 7.11 Å². The van der Waals surface area contributed by atoms with Crippen molar-refractivity contribution in [3.8, 4) is 0 Å². The summed E-state index contributed by atoms with van der Waals surface area (Å²) in [6, 6.07) is 2.73. The molecule has 0 aliphatic rings. The summed E-state index contributed by atoms with van der Waals surface area (Å²) in [6.45, 7) is 3.69. The highest BCUT2D eigenvalue weighted by Gasteiger charge is 2.21. The standard InChI is InChI=1S/C17H24N2O3/c1-3-4-5-6-7-8-11-15(17(21)22-2)19-16(20)14-10-9-12-18-13-14/h3,9-10,12-13,15H,1,4-8,11H2,2H3,(H,19,20)/t15-/m0/s1. The summed E-state index contributed by atoms with van der Waals surface area (Å²) in [7, 11) is 1.33. The molecule has 5 heteroatoms. The van der Waals surface area contributed by atoms with Crippen molar-refractivity contribution in [3.63, 3.8) is 0 Å². The first-order valence-electron chi connectivity index (χ1n) is 7.58. The highest BCUT2D eigenvalue weighted by atomic mass is 16.5. The van der Waals surface area contributed by atoms with E-state index < -0.39 is 12.0 Å². The van der Waals surface area contributed by atoms with E-state index in [0.29, 0.717) is 12.0 Å². The highest BCUT2D eigenvalue weighted by molar-refractivity contribution is 5.96. The van der Waals surface area contributed by atoms with Crippen molar-refractivity contribution < 1.29 is 14.3 Å². The van der Waals surface area contributed by atoms with Crippen LogP contribution < -0.4 is 5.32 Å². The van der Waals surface area contributed by atoms with Crippen LogP contribution in [0.3, 0.4) is 0 Å². The fraction of sp³-hybridized carbons (Fsp3) is 0.471. The van der Waals surface area contributed by atoms with Gasteiger partial charge in [0.25, 0.3) is 5.91 Å². The van der Waals surface area contributed by atoms with Crippen LogP contribution >= 0.6 is 0 Å². The molecule has 0 radical (unpaired) electrons. The van der Waals surface area contributed by atoms with E-state index in [-0.39, 0.29) is 5.91 Å². The third kappa shape index (κ3) is 6.52. The fourth-order valence-electron chi connectivity index (χ4n) is 2.12. The Balaban J connectivity index is 2.45. The van der Waals surface area contributed by atoms with Crippen LogP contribution in [0.25, 0.3) is 0 Å². The molecule has 1 amide bonds. The molecule has 0 saturated heterocycles. The molecule has 0 spiro atoms. The van der Waals surface area contributed by atoms with Gasteiger partial charge in [0.15, 0.2) is 0 Å². The molecule has 0 aromatic carbocycles. The van der Waals surface area contributed by atoms with Crippen molar-refractivity contribution >= 4 is 11.9 Å². The lowest BCUT2D eigenvalue weighted by molar-refractivity contribution is -0.143. The molecular formula is C17H24N2O3. The predicted molar refractivity (Wildman–Crippen MR) is 85.4 cm³/mol. The van der Waals surface area contributed by atoms with Crippen LogP contribution in [0.1, 0.15) is 48.9 Å². The predicted octanol–water partition coefficient (Wildman–Crippen LogP) is 2.88. The largest absolute Gasteiger partial charge is 0.467 e. The third-order valence-corrected chi connectivity index (χ3v) is 3.37. The number of allylic oxidation sites excluding steroid dienone is 1. The summed E-state index contributed by atoms with van der Waals surface area (Å²) in [5, 5.41) is 2.72. The minimum atomic E-state index is -0.614. The Morgan fingerprint density at radius 1 is 1.36 bits per heavy atom. The van der Waals surface area contributed by atoms with Gasteiger partial charge in [-0.2, -0.15) is 0 Å². The van der Waals surface area contributed by atoms with Crippen molar-refractivity contribution in [2.24, 2.45) is 0 Å². The van der Waals surface area contributed by atoms with Gasteiger partial charge in [-0.3, -0.25) is 9.78 Å². The molecule has 1 rings (SSSR count). The molecule has 1 aromatic heterocycles. The van der Waals surface area contributed by atoms with E-state index in [1.807, 2.05) is 6.08 Å². The zero-order valence-corrected chi connectivity index (χ0v) is 13.1. The first-order chi connectivity index (χ1) is 10.7. The lowest BCUT2D eigenvalue weighted by atomic mass is 10.1. The summed E-state index contributed by atoms with van der Waals surface area (Å²) >= 11 is 0. The molecule has 0 aliphatic heterocycles. The van der Waals surface area contributed by atoms with E-state index in [1.54, 1.807) is 18.3 Å². The van der Waals surface area contributed by atoms with Gasteiger partial charge in [-0.25, -0.2) is 4.79 Å². The second-order valence-corrected chi connectivity index (χ2v) is 5.07. The smallest absolute Gasteiger partial charge is 0.328 e. The highest BCUT2D eigenvalue weighted by Crippen LogP contribution is 2.09. The quantitative estimate of drug-likeness (QED) is 0.410. The zero-order chi connectivity index (χ0) is 16.2. The Bertz CT molecular complexity index is 474. The Hall–Kier alpha value is -2.17. The van der Waals surface area contributed by atoms with Gasteiger partial charge in [0.05, 0.1) is 12.7 Å². The van der Waals surface area contributed by atoms with Crippen molar-refractivity contribution in [3.05, 3.63) is 42.7 Å². The van der Waals surface area contributed by atoms with E-state index in [2.05, 4.69) is 16.9 Å². The summed E-state index contributed by atoms with van der Waals surface area (Å²) in [6.07, 6.45) is 10.6. The number of ether oxygens (including phenoxy) is 1. The summed E-state index contributed by atoms with van der Waals surface area (Å²) < 4.78 is 4.76. The maximum absolute atomic E-state index is 12.1.